The highest BCUT2D eigenvalue weighted by atomic mass is 15.8. The summed E-state index contributed by atoms with van der Waals surface area (Å²) in [6, 6.07) is 0. The van der Waals surface area contributed by atoms with Gasteiger partial charge in [0.25, 0.3) is 0 Å². The van der Waals surface area contributed by atoms with Crippen LogP contribution in [0.25, 0.3) is 11.2 Å². The molecule has 0 aliphatic heterocycles. The van der Waals surface area contributed by atoms with Crippen LogP contribution in [-0.2, 0) is 0 Å². The number of aromatic amines is 1. The molecule has 2 aromatic rings. The molecule has 0 aliphatic carbocycles. The minimum Gasteiger partial charge on any atom is -0.382 e. The number of aromatic nitrogens is 4. The second kappa shape index (κ2) is 1.66. The number of imidazole rings is 1. The molecule has 5 heteroatoms. The monoisotopic (exact) mass is 140 g/mol. The van der Waals surface area contributed by atoms with Crippen LogP contribution in [0.5, 0.6) is 0 Å². The molecule has 0 aromatic carbocycles. The molecule has 50 valence electrons. The first-order chi connectivity index (χ1) is 4.88. The summed E-state index contributed by atoms with van der Waals surface area (Å²) in [4.78, 5) is 14.4. The van der Waals surface area contributed by atoms with Crippen molar-refractivity contribution < 1.29 is 0 Å². The van der Waals surface area contributed by atoms with Crippen LogP contribution >= 0.6 is 0 Å². The topological polar surface area (TPSA) is 80.5 Å². The van der Waals surface area contributed by atoms with Gasteiger partial charge in [0.05, 0.1) is 6.33 Å². The summed E-state index contributed by atoms with van der Waals surface area (Å²) in [6.07, 6.45) is 2.92. The minimum absolute atomic E-state index is 0.433. The van der Waals surface area contributed by atoms with Gasteiger partial charge in [-0.3, -0.25) is 0 Å². The predicted octanol–water partition coefficient (Wildman–Crippen LogP) is -0.0649. The lowest BCUT2D eigenvalue weighted by molar-refractivity contribution is 1.21. The fraction of sp³-hybridized carbons (Fsp3) is 0. The predicted molar refractivity (Wildman–Crippen MR) is 36.1 cm³/mol. The lowest BCUT2D eigenvalue weighted by Crippen LogP contribution is -1.91. The van der Waals surface area contributed by atoms with Crippen molar-refractivity contribution in [3.63, 3.8) is 0 Å². The van der Waals surface area contributed by atoms with Gasteiger partial charge in [-0.25, -0.2) is 15.0 Å². The van der Waals surface area contributed by atoms with E-state index < -0.39 is 0 Å². The summed E-state index contributed by atoms with van der Waals surface area (Å²) in [5, 5.41) is 0. The zero-order chi connectivity index (χ0) is 6.97. The summed E-state index contributed by atoms with van der Waals surface area (Å²) in [6.45, 7) is 0. The Bertz CT molecular complexity index is 352. The van der Waals surface area contributed by atoms with E-state index in [1.54, 1.807) is 0 Å². The molecule has 2 heterocycles. The van der Waals surface area contributed by atoms with Gasteiger partial charge in [0.15, 0.2) is 11.5 Å². The third kappa shape index (κ3) is 0.540. The first-order valence-electron chi connectivity index (χ1n) is 2.77. The number of fused-ring (bicyclic) bond motifs is 1. The zero-order valence-corrected chi connectivity index (χ0v) is 5.07. The Labute approximate surface area is 56.3 Å². The molecule has 2 rings (SSSR count). The quantitative estimate of drug-likeness (QED) is 0.502. The van der Waals surface area contributed by atoms with Crippen molar-refractivity contribution in [2.24, 2.45) is 0 Å². The molecule has 0 unspecified atom stereocenters. The van der Waals surface area contributed by atoms with Crippen LogP contribution in [0.4, 0.5) is 5.82 Å². The Kier molecular flexibility index (Phi) is 0.858. The Morgan fingerprint density at radius 2 is 2.20 bits per heavy atom. The standard InChI is InChI=1S/C5H5N5/c6-4-3-5(9-1-7-3)10-2-8-4/h1-2H,(H3,6,7,8,9,10)/i6+1,7+1,8+1,9+1,10+1. The minimum atomic E-state index is 0.433. The molecule has 0 spiro atoms. The maximum absolute atomic E-state index is 5.48. The number of nitrogen functional groups attached to an aromatic ring is 1. The van der Waals surface area contributed by atoms with Crippen LogP contribution in [0.3, 0.4) is 0 Å². The molecule has 0 atom stereocenters. The highest BCUT2D eigenvalue weighted by Crippen LogP contribution is 2.09. The molecule has 2 aromatic heterocycles. The van der Waals surface area contributed by atoms with Crippen molar-refractivity contribution in [3.8, 4) is 0 Å². The van der Waals surface area contributed by atoms with Crippen LogP contribution in [0.1, 0.15) is 0 Å². The molecule has 10 heavy (non-hydrogen) atoms. The van der Waals surface area contributed by atoms with Crippen molar-refractivity contribution in [1.82, 2.24) is 19.9 Å². The number of hydrogen-bond donors (Lipinski definition) is 2. The molecule has 0 radical (unpaired) electrons. The highest BCUT2D eigenvalue weighted by Gasteiger charge is 1.99. The largest absolute Gasteiger partial charge is 0.382 e. The Morgan fingerprint density at radius 3 is 3.00 bits per heavy atom. The molecule has 5 nitrogen and oxygen atoms in total. The van der Waals surface area contributed by atoms with E-state index in [-0.39, 0.29) is 0 Å². The van der Waals surface area contributed by atoms with E-state index in [0.29, 0.717) is 17.0 Å². The fourth-order valence-electron chi connectivity index (χ4n) is 0.784. The summed E-state index contributed by atoms with van der Waals surface area (Å²) in [5.74, 6) is 0.433. The average Bonchev–Trinajstić information content (AvgIpc) is 2.36. The van der Waals surface area contributed by atoms with Crippen molar-refractivity contribution in [2.45, 2.75) is 0 Å². The highest BCUT2D eigenvalue weighted by molar-refractivity contribution is 5.80. The Hall–Kier alpha value is -1.65. The first-order valence-corrected chi connectivity index (χ1v) is 2.77. The molecule has 0 amide bonds. The van der Waals surface area contributed by atoms with Gasteiger partial charge in [-0.1, -0.05) is 0 Å². The summed E-state index contributed by atoms with van der Waals surface area (Å²) in [5.41, 5.74) is 6.78. The number of nitrogens with one attached hydrogen (secondary N) is 1. The smallest absolute Gasteiger partial charge is 0.182 e. The molecule has 0 aliphatic rings. The van der Waals surface area contributed by atoms with Gasteiger partial charge >= 0.3 is 0 Å². The molecular weight excluding hydrogens is 135 g/mol. The van der Waals surface area contributed by atoms with Gasteiger partial charge in [-0.2, -0.15) is 0 Å². The van der Waals surface area contributed by atoms with Crippen LogP contribution in [-0.4, -0.2) is 19.9 Å². The number of nitrogens with zero attached hydrogens (tertiary/aromatic N) is 3. The molecule has 0 saturated carbocycles. The third-order valence-electron chi connectivity index (χ3n) is 1.25. The Morgan fingerprint density at radius 1 is 1.30 bits per heavy atom. The summed E-state index contributed by atoms with van der Waals surface area (Å²) < 4.78 is 0. The van der Waals surface area contributed by atoms with Gasteiger partial charge in [-0.05, 0) is 0 Å². The summed E-state index contributed by atoms with van der Waals surface area (Å²) in [7, 11) is 0. The fourth-order valence-corrected chi connectivity index (χ4v) is 0.784. The maximum atomic E-state index is 5.48. The number of rotatable bonds is 0. The van der Waals surface area contributed by atoms with E-state index in [0.717, 1.165) is 0 Å². The van der Waals surface area contributed by atoms with E-state index in [1.165, 1.54) is 12.7 Å². The zero-order valence-electron chi connectivity index (χ0n) is 5.07. The van der Waals surface area contributed by atoms with Crippen LogP contribution in [0, 0.1) is 0 Å². The maximum Gasteiger partial charge on any atom is 0.182 e. The van der Waals surface area contributed by atoms with Gasteiger partial charge in [0.1, 0.15) is 11.8 Å². The van der Waals surface area contributed by atoms with E-state index >= 15 is 0 Å². The normalized spacial score (nSPS) is 10.4. The third-order valence-corrected chi connectivity index (χ3v) is 1.25. The Balaban J connectivity index is 2.95. The number of anilines is 1. The molecule has 0 saturated heterocycles. The van der Waals surface area contributed by atoms with Gasteiger partial charge < -0.3 is 10.7 Å². The van der Waals surface area contributed by atoms with Crippen LogP contribution in [0.2, 0.25) is 0 Å². The molecule has 0 bridgehead atoms. The van der Waals surface area contributed by atoms with E-state index in [4.69, 9.17) is 5.73 Å². The van der Waals surface area contributed by atoms with Crippen LogP contribution in [0.15, 0.2) is 12.7 Å². The van der Waals surface area contributed by atoms with Crippen molar-refractivity contribution >= 4 is 17.0 Å². The van der Waals surface area contributed by atoms with E-state index in [2.05, 4.69) is 19.9 Å². The van der Waals surface area contributed by atoms with Crippen molar-refractivity contribution in [3.05, 3.63) is 12.7 Å². The molecule has 0 fully saturated rings. The van der Waals surface area contributed by atoms with Gasteiger partial charge in [-0.15, -0.1) is 0 Å². The molecular formula is C5H5N5. The number of H-pyrrole nitrogens is 1. The van der Waals surface area contributed by atoms with Crippen molar-refractivity contribution in [2.75, 3.05) is 5.73 Å². The van der Waals surface area contributed by atoms with Gasteiger partial charge in [0, 0.05) is 0 Å². The second-order valence-electron chi connectivity index (χ2n) is 1.86. The van der Waals surface area contributed by atoms with Crippen molar-refractivity contribution in [1.29, 1.82) is 0 Å². The average molecular weight is 140 g/mol. The van der Waals surface area contributed by atoms with Crippen LogP contribution < -0.4 is 5.73 Å². The number of hydrogen-bond acceptors (Lipinski definition) is 4. The SMILES string of the molecule is [15NH2]c1[15n]c[15n]c2[15n]c[15nH]c12. The lowest BCUT2D eigenvalue weighted by atomic mass is 10.6. The van der Waals surface area contributed by atoms with E-state index in [1.807, 2.05) is 0 Å². The number of nitrogens with two attached hydrogens (primary N) is 1. The first kappa shape index (κ1) is 5.16. The lowest BCUT2D eigenvalue weighted by Gasteiger charge is -1.89. The van der Waals surface area contributed by atoms with Gasteiger partial charge in [0.2, 0.25) is 0 Å². The van der Waals surface area contributed by atoms with E-state index in [9.17, 15) is 0 Å². The summed E-state index contributed by atoms with van der Waals surface area (Å²) >= 11 is 0. The second-order valence-corrected chi connectivity index (χ2v) is 1.86. The molecule has 3 N–H and O–H groups in total.